The molecule has 0 saturated heterocycles. The van der Waals surface area contributed by atoms with Crippen molar-refractivity contribution in [2.75, 3.05) is 13.2 Å². The van der Waals surface area contributed by atoms with Crippen LogP contribution >= 0.6 is 0 Å². The van der Waals surface area contributed by atoms with Crippen molar-refractivity contribution < 1.29 is 18.6 Å². The smallest absolute Gasteiger partial charge is 0.244 e. The maximum atomic E-state index is 6.17. The van der Waals surface area contributed by atoms with E-state index < -0.39 is 0 Å². The Kier molecular flexibility index (Phi) is 8.04. The van der Waals surface area contributed by atoms with Crippen molar-refractivity contribution in [2.24, 2.45) is 0 Å². The highest BCUT2D eigenvalue weighted by atomic mass is 16.5. The molecule has 0 bridgehead atoms. The Hall–Kier alpha value is -5.36. The third-order valence-corrected chi connectivity index (χ3v) is 8.02. The van der Waals surface area contributed by atoms with Crippen LogP contribution in [0.3, 0.4) is 0 Å². The second-order valence-corrected chi connectivity index (χ2v) is 11.1. The van der Waals surface area contributed by atoms with Crippen molar-refractivity contribution in [3.63, 3.8) is 0 Å². The lowest BCUT2D eigenvalue weighted by atomic mass is 10.0. The highest BCUT2D eigenvalue weighted by Crippen LogP contribution is 2.26. The summed E-state index contributed by atoms with van der Waals surface area (Å²) in [5.41, 5.74) is 2.63. The van der Waals surface area contributed by atoms with E-state index in [-0.39, 0.29) is 0 Å². The van der Waals surface area contributed by atoms with Gasteiger partial charge in [-0.25, -0.2) is 18.3 Å². The normalized spacial score (nSPS) is 11.3. The molecule has 6 nitrogen and oxygen atoms in total. The number of nitrogens with zero attached hydrogens (tertiary/aromatic N) is 4. The Morgan fingerprint density at radius 2 is 0.909 bits per heavy atom. The number of para-hydroxylation sites is 2. The van der Waals surface area contributed by atoms with Crippen LogP contribution in [-0.2, 0) is 26.2 Å². The molecule has 6 heteroatoms. The van der Waals surface area contributed by atoms with Crippen molar-refractivity contribution in [2.45, 2.75) is 26.2 Å². The van der Waals surface area contributed by atoms with Gasteiger partial charge in [-0.3, -0.25) is 0 Å². The summed E-state index contributed by atoms with van der Waals surface area (Å²) in [5, 5.41) is 5.14. The van der Waals surface area contributed by atoms with Crippen LogP contribution in [0.15, 0.2) is 147 Å². The predicted octanol–water partition coefficient (Wildman–Crippen LogP) is 6.43. The highest BCUT2D eigenvalue weighted by molar-refractivity contribution is 5.86. The molecule has 0 unspecified atom stereocenters. The zero-order chi connectivity index (χ0) is 29.6. The number of benzene rings is 5. The number of rotatable bonds is 12. The first-order valence-electron chi connectivity index (χ1n) is 15.2. The van der Waals surface area contributed by atoms with E-state index >= 15 is 0 Å². The molecule has 0 aliphatic heterocycles. The van der Waals surface area contributed by atoms with E-state index in [2.05, 4.69) is 141 Å². The van der Waals surface area contributed by atoms with Crippen molar-refractivity contribution >= 4 is 21.5 Å². The zero-order valence-electron chi connectivity index (χ0n) is 24.7. The van der Waals surface area contributed by atoms with Crippen LogP contribution in [0, 0.1) is 0 Å². The third kappa shape index (κ3) is 6.35. The Labute approximate surface area is 257 Å². The fraction of sp³-hybridized carbons (Fsp3) is 0.158. The van der Waals surface area contributed by atoms with Crippen LogP contribution in [-0.4, -0.2) is 22.3 Å². The quantitative estimate of drug-likeness (QED) is 0.156. The third-order valence-electron chi connectivity index (χ3n) is 8.02. The first-order valence-corrected chi connectivity index (χ1v) is 15.2. The largest absolute Gasteiger partial charge is 0.486 e. The maximum absolute atomic E-state index is 6.17. The fourth-order valence-electron chi connectivity index (χ4n) is 5.79. The Morgan fingerprint density at radius 1 is 0.477 bits per heavy atom. The van der Waals surface area contributed by atoms with Crippen molar-refractivity contribution in [1.82, 2.24) is 9.13 Å². The molecule has 2 aromatic heterocycles. The number of hydrogen-bond acceptors (Lipinski definition) is 2. The van der Waals surface area contributed by atoms with Crippen LogP contribution in [0.4, 0.5) is 0 Å². The lowest BCUT2D eigenvalue weighted by molar-refractivity contribution is -0.687. The molecule has 0 aliphatic rings. The Bertz CT molecular complexity index is 1850. The lowest BCUT2D eigenvalue weighted by Gasteiger charge is -2.11. The number of aromatic nitrogens is 4. The molecular formula is C38H36N4O2+2. The predicted molar refractivity (Wildman–Crippen MR) is 173 cm³/mol. The molecule has 5 aromatic carbocycles. The molecule has 0 fully saturated rings. The first-order chi connectivity index (χ1) is 21.8. The summed E-state index contributed by atoms with van der Waals surface area (Å²) in [6.07, 6.45) is 12.7. The molecule has 218 valence electrons. The van der Waals surface area contributed by atoms with Gasteiger partial charge in [-0.15, -0.1) is 0 Å². The average Bonchev–Trinajstić information content (AvgIpc) is 3.71. The average molecular weight is 581 g/mol. The van der Waals surface area contributed by atoms with E-state index in [0.29, 0.717) is 13.2 Å². The highest BCUT2D eigenvalue weighted by Gasteiger charge is 2.11. The minimum atomic E-state index is 0.551. The van der Waals surface area contributed by atoms with Gasteiger partial charge in [0, 0.05) is 11.1 Å². The topological polar surface area (TPSA) is 36.1 Å². The summed E-state index contributed by atoms with van der Waals surface area (Å²) in [5.74, 6) is 1.53. The van der Waals surface area contributed by atoms with Gasteiger partial charge in [-0.2, -0.15) is 0 Å². The summed E-state index contributed by atoms with van der Waals surface area (Å²) < 4.78 is 21.1. The lowest BCUT2D eigenvalue weighted by Crippen LogP contribution is -2.31. The van der Waals surface area contributed by atoms with Gasteiger partial charge in [0.1, 0.15) is 64.2 Å². The van der Waals surface area contributed by atoms with Gasteiger partial charge in [-0.1, -0.05) is 97.1 Å². The molecule has 2 heterocycles. The summed E-state index contributed by atoms with van der Waals surface area (Å²) in [4.78, 5) is 0. The maximum Gasteiger partial charge on any atom is 0.244 e. The Balaban J connectivity index is 0.906. The monoisotopic (exact) mass is 580 g/mol. The molecular weight excluding hydrogens is 544 g/mol. The molecule has 0 aliphatic carbocycles. The first kappa shape index (κ1) is 27.5. The molecule has 7 rings (SSSR count). The van der Waals surface area contributed by atoms with Crippen LogP contribution in [0.5, 0.6) is 11.5 Å². The van der Waals surface area contributed by atoms with Gasteiger partial charge in [0.15, 0.2) is 11.5 Å². The standard InChI is InChI=1S/C38H36N4O2/c1-3-15-35-31(9-1)11-7-13-33(35)27-41-21-19-39(29-41)23-25-43-37-17-5-6-18-38(37)44-26-24-40-20-22-42(30-40)28-34-14-8-12-32-10-2-4-16-36(32)34/h1-22,29-30H,23-28H2/q+2. The van der Waals surface area contributed by atoms with Gasteiger partial charge in [0.25, 0.3) is 0 Å². The second-order valence-electron chi connectivity index (χ2n) is 11.1. The fourth-order valence-corrected chi connectivity index (χ4v) is 5.79. The summed E-state index contributed by atoms with van der Waals surface area (Å²) in [6, 6.07) is 38.0. The van der Waals surface area contributed by atoms with Crippen LogP contribution in [0.25, 0.3) is 21.5 Å². The van der Waals surface area contributed by atoms with Gasteiger partial charge >= 0.3 is 0 Å². The molecule has 44 heavy (non-hydrogen) atoms. The minimum Gasteiger partial charge on any atom is -0.486 e. The van der Waals surface area contributed by atoms with E-state index in [0.717, 1.165) is 37.7 Å². The zero-order valence-corrected chi connectivity index (χ0v) is 24.7. The summed E-state index contributed by atoms with van der Waals surface area (Å²) >= 11 is 0. The van der Waals surface area contributed by atoms with Crippen LogP contribution in [0.1, 0.15) is 11.1 Å². The van der Waals surface area contributed by atoms with E-state index in [9.17, 15) is 0 Å². The van der Waals surface area contributed by atoms with Crippen molar-refractivity contribution in [1.29, 1.82) is 0 Å². The van der Waals surface area contributed by atoms with Gasteiger partial charge in [-0.05, 0) is 33.7 Å². The summed E-state index contributed by atoms with van der Waals surface area (Å²) in [7, 11) is 0. The van der Waals surface area contributed by atoms with E-state index in [1.165, 1.54) is 32.7 Å². The van der Waals surface area contributed by atoms with Gasteiger partial charge in [0.05, 0.1) is 0 Å². The molecule has 0 radical (unpaired) electrons. The SMILES string of the molecule is c1ccc(OCCn2cc[n+](Cc3cccc4ccccc34)c2)c(OCCn2cc[n+](Cc3cccc4ccccc34)c2)c1. The number of fused-ring (bicyclic) bond motifs is 2. The van der Waals surface area contributed by atoms with E-state index in [1.54, 1.807) is 0 Å². The van der Waals surface area contributed by atoms with Crippen molar-refractivity contribution in [3.8, 4) is 11.5 Å². The number of hydrogen-bond donors (Lipinski definition) is 0. The molecule has 0 saturated carbocycles. The number of ether oxygens (including phenoxy) is 2. The second kappa shape index (κ2) is 12.9. The summed E-state index contributed by atoms with van der Waals surface area (Å²) in [6.45, 7) is 4.25. The Morgan fingerprint density at radius 3 is 1.41 bits per heavy atom. The molecule has 0 amide bonds. The molecule has 7 aromatic rings. The molecule has 0 spiro atoms. The van der Waals surface area contributed by atoms with Crippen LogP contribution < -0.4 is 18.6 Å². The van der Waals surface area contributed by atoms with Crippen molar-refractivity contribution in [3.05, 3.63) is 158 Å². The minimum absolute atomic E-state index is 0.551. The van der Waals surface area contributed by atoms with E-state index in [4.69, 9.17) is 9.47 Å². The molecule has 0 N–H and O–H groups in total. The van der Waals surface area contributed by atoms with Gasteiger partial charge < -0.3 is 9.47 Å². The van der Waals surface area contributed by atoms with Crippen LogP contribution in [0.2, 0.25) is 0 Å². The number of imidazole rings is 2. The molecule has 0 atom stereocenters. The van der Waals surface area contributed by atoms with E-state index in [1.807, 2.05) is 24.3 Å². The van der Waals surface area contributed by atoms with Gasteiger partial charge in [0.2, 0.25) is 12.7 Å².